The van der Waals surface area contributed by atoms with Crippen molar-refractivity contribution in [2.45, 2.75) is 19.3 Å². The maximum atomic E-state index is 6.91. The molecule has 11 aromatic rings. The van der Waals surface area contributed by atoms with Crippen LogP contribution in [0.25, 0.3) is 108 Å². The predicted molar refractivity (Wildman–Crippen MR) is 228 cm³/mol. The summed E-state index contributed by atoms with van der Waals surface area (Å²) in [5.41, 5.74) is 12.0. The minimum Gasteiger partial charge on any atom is -0.455 e. The third kappa shape index (κ3) is 3.91. The zero-order valence-corrected chi connectivity index (χ0v) is 30.1. The minimum atomic E-state index is -0.217. The van der Waals surface area contributed by atoms with Crippen molar-refractivity contribution in [3.63, 3.8) is 0 Å². The Bertz CT molecular complexity index is 3320. The smallest absolute Gasteiger partial charge is 0.143 e. The molecule has 0 radical (unpaired) electrons. The van der Waals surface area contributed by atoms with Crippen LogP contribution in [-0.4, -0.2) is 0 Å². The van der Waals surface area contributed by atoms with Crippen LogP contribution in [-0.2, 0) is 5.41 Å². The summed E-state index contributed by atoms with van der Waals surface area (Å²) < 4.78 is 9.57. The van der Waals surface area contributed by atoms with E-state index in [2.05, 4.69) is 172 Å². The van der Waals surface area contributed by atoms with Crippen LogP contribution in [0.2, 0.25) is 0 Å². The average molecular weight is 693 g/mol. The Kier molecular flexibility index (Phi) is 5.78. The van der Waals surface area contributed by atoms with E-state index in [9.17, 15) is 0 Å². The summed E-state index contributed by atoms with van der Waals surface area (Å²) in [7, 11) is 0. The van der Waals surface area contributed by atoms with E-state index in [0.29, 0.717) is 0 Å². The van der Waals surface area contributed by atoms with Crippen molar-refractivity contribution in [3.05, 3.63) is 169 Å². The molecule has 9 aromatic carbocycles. The largest absolute Gasteiger partial charge is 0.455 e. The second-order valence-corrected chi connectivity index (χ2v) is 16.2. The fourth-order valence-electron chi connectivity index (χ4n) is 9.65. The first-order valence-corrected chi connectivity index (χ1v) is 19.2. The van der Waals surface area contributed by atoms with Gasteiger partial charge in [-0.2, -0.15) is 0 Å². The number of benzene rings is 9. The second kappa shape index (κ2) is 10.4. The molecule has 2 heteroatoms. The van der Waals surface area contributed by atoms with Crippen molar-refractivity contribution < 1.29 is 4.42 Å². The molecule has 12 rings (SSSR count). The standard InChI is InChI=1S/C51H32OS/c1-51(2)43-25-20-30(27-41(43)38-23-24-40-39-22-19-29-11-3-4-12-32(29)49(39)52-50(40)48(38)51)46-34-14-5-7-16-36(34)47(37-17-8-6-15-35(37)46)31-21-26-45-42(28-31)33-13-9-10-18-44(33)53-45/h3-28H,1-2H3. The summed E-state index contributed by atoms with van der Waals surface area (Å²) in [4.78, 5) is 0. The molecule has 2 heterocycles. The van der Waals surface area contributed by atoms with Crippen LogP contribution in [0.1, 0.15) is 25.0 Å². The third-order valence-corrected chi connectivity index (χ3v) is 13.2. The van der Waals surface area contributed by atoms with Gasteiger partial charge in [0.2, 0.25) is 0 Å². The number of rotatable bonds is 2. The molecule has 1 aliphatic rings. The molecule has 53 heavy (non-hydrogen) atoms. The van der Waals surface area contributed by atoms with Crippen LogP contribution in [0, 0.1) is 0 Å². The highest BCUT2D eigenvalue weighted by atomic mass is 32.1. The van der Waals surface area contributed by atoms with Gasteiger partial charge in [0, 0.05) is 47.3 Å². The summed E-state index contributed by atoms with van der Waals surface area (Å²) in [5.74, 6) is 0. The van der Waals surface area contributed by atoms with Crippen LogP contribution in [0.4, 0.5) is 0 Å². The molecule has 1 nitrogen and oxygen atoms in total. The molecule has 0 spiro atoms. The third-order valence-electron chi connectivity index (χ3n) is 12.0. The Balaban J connectivity index is 1.10. The topological polar surface area (TPSA) is 13.1 Å². The normalized spacial score (nSPS) is 13.6. The highest BCUT2D eigenvalue weighted by Gasteiger charge is 2.39. The minimum absolute atomic E-state index is 0.217. The molecule has 2 aromatic heterocycles. The van der Waals surface area contributed by atoms with Gasteiger partial charge in [-0.1, -0.05) is 135 Å². The van der Waals surface area contributed by atoms with Gasteiger partial charge in [-0.15, -0.1) is 11.3 Å². The van der Waals surface area contributed by atoms with E-state index in [1.807, 2.05) is 11.3 Å². The van der Waals surface area contributed by atoms with Crippen molar-refractivity contribution in [2.75, 3.05) is 0 Å². The Morgan fingerprint density at radius 2 is 0.981 bits per heavy atom. The summed E-state index contributed by atoms with van der Waals surface area (Å²) in [6, 6.07) is 58.6. The Morgan fingerprint density at radius 1 is 0.415 bits per heavy atom. The maximum Gasteiger partial charge on any atom is 0.143 e. The lowest BCUT2D eigenvalue weighted by molar-refractivity contribution is 0.621. The molecule has 0 amide bonds. The Hall–Kier alpha value is -6.22. The van der Waals surface area contributed by atoms with Crippen molar-refractivity contribution in [2.24, 2.45) is 0 Å². The van der Waals surface area contributed by atoms with Gasteiger partial charge in [0.1, 0.15) is 11.2 Å². The van der Waals surface area contributed by atoms with Crippen LogP contribution in [0.3, 0.4) is 0 Å². The predicted octanol–water partition coefficient (Wildman–Crippen LogP) is 15.1. The number of furan rings is 1. The highest BCUT2D eigenvalue weighted by molar-refractivity contribution is 7.25. The van der Waals surface area contributed by atoms with Crippen LogP contribution < -0.4 is 0 Å². The van der Waals surface area contributed by atoms with E-state index in [1.165, 1.54) is 102 Å². The fraction of sp³-hybridized carbons (Fsp3) is 0.0588. The van der Waals surface area contributed by atoms with E-state index >= 15 is 0 Å². The van der Waals surface area contributed by atoms with E-state index in [-0.39, 0.29) is 5.41 Å². The zero-order valence-electron chi connectivity index (χ0n) is 29.3. The summed E-state index contributed by atoms with van der Waals surface area (Å²) in [6.45, 7) is 4.71. The van der Waals surface area contributed by atoms with E-state index < -0.39 is 0 Å². The van der Waals surface area contributed by atoms with Gasteiger partial charge in [-0.25, -0.2) is 0 Å². The maximum absolute atomic E-state index is 6.91. The summed E-state index contributed by atoms with van der Waals surface area (Å²) in [5, 5.41) is 12.5. The molecule has 0 unspecified atom stereocenters. The van der Waals surface area contributed by atoms with E-state index in [1.54, 1.807) is 0 Å². The second-order valence-electron chi connectivity index (χ2n) is 15.2. The zero-order chi connectivity index (χ0) is 35.0. The Labute approximate surface area is 310 Å². The molecule has 0 saturated heterocycles. The lowest BCUT2D eigenvalue weighted by atomic mass is 9.81. The first-order valence-electron chi connectivity index (χ1n) is 18.4. The molecular weight excluding hydrogens is 661 g/mol. The number of fused-ring (bicyclic) bond motifs is 14. The molecule has 0 atom stereocenters. The van der Waals surface area contributed by atoms with Gasteiger partial charge in [0.25, 0.3) is 0 Å². The van der Waals surface area contributed by atoms with Crippen LogP contribution in [0.15, 0.2) is 162 Å². The van der Waals surface area contributed by atoms with Gasteiger partial charge in [-0.3, -0.25) is 0 Å². The summed E-state index contributed by atoms with van der Waals surface area (Å²) >= 11 is 1.87. The quantitative estimate of drug-likeness (QED) is 0.164. The molecule has 0 saturated carbocycles. The lowest BCUT2D eigenvalue weighted by Crippen LogP contribution is -2.15. The number of thiophene rings is 1. The first-order chi connectivity index (χ1) is 26.0. The van der Waals surface area contributed by atoms with Gasteiger partial charge < -0.3 is 4.42 Å². The Morgan fingerprint density at radius 3 is 1.72 bits per heavy atom. The van der Waals surface area contributed by atoms with Gasteiger partial charge in [0.05, 0.1) is 0 Å². The molecule has 0 N–H and O–H groups in total. The van der Waals surface area contributed by atoms with Crippen molar-refractivity contribution in [3.8, 4) is 33.4 Å². The molecule has 248 valence electrons. The average Bonchev–Trinajstić information content (AvgIpc) is 3.84. The molecular formula is C51H32OS. The van der Waals surface area contributed by atoms with Crippen LogP contribution >= 0.6 is 11.3 Å². The number of hydrogen-bond donors (Lipinski definition) is 0. The highest BCUT2D eigenvalue weighted by Crippen LogP contribution is 2.54. The first kappa shape index (κ1) is 29.4. The summed E-state index contributed by atoms with van der Waals surface area (Å²) in [6.07, 6.45) is 0. The lowest BCUT2D eigenvalue weighted by Gasteiger charge is -2.22. The van der Waals surface area contributed by atoms with E-state index in [4.69, 9.17) is 4.42 Å². The molecule has 0 fully saturated rings. The van der Waals surface area contributed by atoms with Gasteiger partial charge >= 0.3 is 0 Å². The van der Waals surface area contributed by atoms with Crippen molar-refractivity contribution in [1.29, 1.82) is 0 Å². The van der Waals surface area contributed by atoms with Crippen molar-refractivity contribution in [1.82, 2.24) is 0 Å². The molecule has 0 aliphatic heterocycles. The van der Waals surface area contributed by atoms with Crippen molar-refractivity contribution >= 4 is 85.8 Å². The van der Waals surface area contributed by atoms with Gasteiger partial charge in [0.15, 0.2) is 0 Å². The van der Waals surface area contributed by atoms with Crippen LogP contribution in [0.5, 0.6) is 0 Å². The van der Waals surface area contributed by atoms with Gasteiger partial charge in [-0.05, 0) is 102 Å². The number of hydrogen-bond acceptors (Lipinski definition) is 2. The molecule has 1 aliphatic carbocycles. The SMILES string of the molecule is CC1(C)c2ccc(-c3c4ccccc4c(-c4ccc5sc6ccccc6c5c4)c4ccccc34)cc2-c2ccc3c(oc4c5ccccc5ccc34)c21. The monoisotopic (exact) mass is 692 g/mol. The van der Waals surface area contributed by atoms with E-state index in [0.717, 1.165) is 16.6 Å². The fourth-order valence-corrected chi connectivity index (χ4v) is 10.7. The molecule has 0 bridgehead atoms.